The second-order valence-corrected chi connectivity index (χ2v) is 3.58. The van der Waals surface area contributed by atoms with E-state index in [1.54, 1.807) is 0 Å². The minimum absolute atomic E-state index is 0.803. The van der Waals surface area contributed by atoms with Gasteiger partial charge in [0.25, 0.3) is 0 Å². The van der Waals surface area contributed by atoms with Gasteiger partial charge < -0.3 is 10.2 Å². The minimum atomic E-state index is 0.803. The second-order valence-electron chi connectivity index (χ2n) is 3.17. The molecule has 13 heavy (non-hydrogen) atoms. The normalized spacial score (nSPS) is 10.2. The summed E-state index contributed by atoms with van der Waals surface area (Å²) in [5, 5.41) is 3.92. The van der Waals surface area contributed by atoms with Gasteiger partial charge in [-0.1, -0.05) is 23.7 Å². The van der Waals surface area contributed by atoms with E-state index in [9.17, 15) is 0 Å². The number of anilines is 1. The maximum atomic E-state index is 6.09. The summed E-state index contributed by atoms with van der Waals surface area (Å²) in [7, 11) is 5.93. The summed E-state index contributed by atoms with van der Waals surface area (Å²) in [5.41, 5.74) is 2.32. The largest absolute Gasteiger partial charge is 0.376 e. The van der Waals surface area contributed by atoms with Crippen LogP contribution in [-0.4, -0.2) is 21.1 Å². The Morgan fingerprint density at radius 1 is 1.38 bits per heavy atom. The van der Waals surface area contributed by atoms with Crippen LogP contribution in [0.15, 0.2) is 18.2 Å². The maximum absolute atomic E-state index is 6.09. The number of nitrogens with zero attached hydrogens (tertiary/aromatic N) is 1. The fourth-order valence-electron chi connectivity index (χ4n) is 1.39. The molecule has 0 radical (unpaired) electrons. The van der Waals surface area contributed by atoms with Crippen LogP contribution in [0.25, 0.3) is 0 Å². The predicted molar refractivity (Wildman–Crippen MR) is 58.5 cm³/mol. The van der Waals surface area contributed by atoms with E-state index in [2.05, 4.69) is 11.4 Å². The lowest BCUT2D eigenvalue weighted by Crippen LogP contribution is -2.15. The van der Waals surface area contributed by atoms with Crippen molar-refractivity contribution in [1.29, 1.82) is 0 Å². The van der Waals surface area contributed by atoms with Gasteiger partial charge in [-0.2, -0.15) is 0 Å². The van der Waals surface area contributed by atoms with Crippen molar-refractivity contribution in [2.45, 2.75) is 6.54 Å². The van der Waals surface area contributed by atoms with E-state index in [0.29, 0.717) is 0 Å². The molecule has 0 aliphatic heterocycles. The van der Waals surface area contributed by atoms with Crippen molar-refractivity contribution in [3.63, 3.8) is 0 Å². The summed E-state index contributed by atoms with van der Waals surface area (Å²) in [6, 6.07) is 5.97. The first-order chi connectivity index (χ1) is 6.16. The summed E-state index contributed by atoms with van der Waals surface area (Å²) in [5.74, 6) is 0. The molecule has 0 saturated heterocycles. The number of benzene rings is 1. The number of halogens is 1. The van der Waals surface area contributed by atoms with Crippen LogP contribution in [0.3, 0.4) is 0 Å². The van der Waals surface area contributed by atoms with Crippen molar-refractivity contribution < 1.29 is 0 Å². The quantitative estimate of drug-likeness (QED) is 0.801. The Labute approximate surface area is 84.5 Å². The van der Waals surface area contributed by atoms with E-state index in [0.717, 1.165) is 17.3 Å². The van der Waals surface area contributed by atoms with E-state index in [1.807, 2.05) is 38.2 Å². The molecule has 0 saturated carbocycles. The Kier molecular flexibility index (Phi) is 3.58. The molecule has 0 fully saturated rings. The SMILES string of the molecule is CNCc1cccc(Cl)c1N(C)C. The zero-order valence-corrected chi connectivity index (χ0v) is 9.02. The van der Waals surface area contributed by atoms with Crippen LogP contribution in [0.4, 0.5) is 5.69 Å². The van der Waals surface area contributed by atoms with Crippen molar-refractivity contribution in [2.24, 2.45) is 0 Å². The molecule has 0 heterocycles. The molecule has 1 aromatic carbocycles. The average Bonchev–Trinajstić information content (AvgIpc) is 2.04. The van der Waals surface area contributed by atoms with Gasteiger partial charge in [-0.25, -0.2) is 0 Å². The van der Waals surface area contributed by atoms with Gasteiger partial charge >= 0.3 is 0 Å². The van der Waals surface area contributed by atoms with Crippen molar-refractivity contribution in [1.82, 2.24) is 5.32 Å². The van der Waals surface area contributed by atoms with Gasteiger partial charge in [0, 0.05) is 20.6 Å². The molecule has 1 rings (SSSR count). The summed E-state index contributed by atoms with van der Waals surface area (Å²) >= 11 is 6.09. The average molecular weight is 199 g/mol. The van der Waals surface area contributed by atoms with Crippen molar-refractivity contribution >= 4 is 17.3 Å². The van der Waals surface area contributed by atoms with E-state index >= 15 is 0 Å². The molecule has 2 nitrogen and oxygen atoms in total. The first-order valence-corrected chi connectivity index (χ1v) is 4.64. The number of hydrogen-bond donors (Lipinski definition) is 1. The van der Waals surface area contributed by atoms with Crippen LogP contribution in [0, 0.1) is 0 Å². The number of para-hydroxylation sites is 1. The summed E-state index contributed by atoms with van der Waals surface area (Å²) in [4.78, 5) is 2.04. The molecule has 0 amide bonds. The molecular formula is C10H15ClN2. The zero-order chi connectivity index (χ0) is 9.84. The molecule has 0 unspecified atom stereocenters. The van der Waals surface area contributed by atoms with Crippen molar-refractivity contribution in [2.75, 3.05) is 26.0 Å². The second kappa shape index (κ2) is 4.49. The highest BCUT2D eigenvalue weighted by molar-refractivity contribution is 6.33. The smallest absolute Gasteiger partial charge is 0.0642 e. The van der Waals surface area contributed by atoms with Gasteiger partial charge in [-0.15, -0.1) is 0 Å². The molecular weight excluding hydrogens is 184 g/mol. The number of nitrogens with one attached hydrogen (secondary N) is 1. The topological polar surface area (TPSA) is 15.3 Å². The van der Waals surface area contributed by atoms with Gasteiger partial charge in [0.05, 0.1) is 10.7 Å². The fraction of sp³-hybridized carbons (Fsp3) is 0.400. The predicted octanol–water partition coefficient (Wildman–Crippen LogP) is 2.13. The van der Waals surface area contributed by atoms with E-state index in [-0.39, 0.29) is 0 Å². The van der Waals surface area contributed by atoms with Gasteiger partial charge in [-0.3, -0.25) is 0 Å². The van der Waals surface area contributed by atoms with E-state index < -0.39 is 0 Å². The zero-order valence-electron chi connectivity index (χ0n) is 8.26. The van der Waals surface area contributed by atoms with Gasteiger partial charge in [0.2, 0.25) is 0 Å². The Hall–Kier alpha value is -0.730. The first kappa shape index (κ1) is 10.4. The monoisotopic (exact) mass is 198 g/mol. The number of hydrogen-bond acceptors (Lipinski definition) is 2. The summed E-state index contributed by atoms with van der Waals surface area (Å²) in [6.45, 7) is 0.841. The van der Waals surface area contributed by atoms with E-state index in [1.165, 1.54) is 5.56 Å². The Morgan fingerprint density at radius 2 is 2.08 bits per heavy atom. The van der Waals surface area contributed by atoms with Crippen LogP contribution in [0.1, 0.15) is 5.56 Å². The van der Waals surface area contributed by atoms with E-state index in [4.69, 9.17) is 11.6 Å². The minimum Gasteiger partial charge on any atom is -0.376 e. The lowest BCUT2D eigenvalue weighted by Gasteiger charge is -2.18. The number of rotatable bonds is 3. The third kappa shape index (κ3) is 2.36. The molecule has 0 atom stereocenters. The standard InChI is InChI=1S/C10H15ClN2/c1-12-7-8-5-4-6-9(11)10(8)13(2)3/h4-6,12H,7H2,1-3H3. The summed E-state index contributed by atoms with van der Waals surface area (Å²) < 4.78 is 0. The highest BCUT2D eigenvalue weighted by Crippen LogP contribution is 2.27. The lowest BCUT2D eigenvalue weighted by atomic mass is 10.1. The Morgan fingerprint density at radius 3 is 2.62 bits per heavy atom. The molecule has 0 aromatic heterocycles. The molecule has 0 spiro atoms. The molecule has 0 aliphatic carbocycles. The fourth-order valence-corrected chi connectivity index (χ4v) is 1.76. The molecule has 1 N–H and O–H groups in total. The van der Waals surface area contributed by atoms with Crippen LogP contribution in [0.2, 0.25) is 5.02 Å². The third-order valence-corrected chi connectivity index (χ3v) is 2.19. The highest BCUT2D eigenvalue weighted by atomic mass is 35.5. The van der Waals surface area contributed by atoms with Crippen molar-refractivity contribution in [3.8, 4) is 0 Å². The maximum Gasteiger partial charge on any atom is 0.0642 e. The van der Waals surface area contributed by atoms with Gasteiger partial charge in [0.1, 0.15) is 0 Å². The molecule has 3 heteroatoms. The Balaban J connectivity index is 3.10. The molecule has 1 aromatic rings. The van der Waals surface area contributed by atoms with Gasteiger partial charge in [0.15, 0.2) is 0 Å². The van der Waals surface area contributed by atoms with Crippen LogP contribution < -0.4 is 10.2 Å². The molecule has 72 valence electrons. The molecule has 0 bridgehead atoms. The first-order valence-electron chi connectivity index (χ1n) is 4.26. The van der Waals surface area contributed by atoms with Gasteiger partial charge in [-0.05, 0) is 18.7 Å². The van der Waals surface area contributed by atoms with Crippen LogP contribution >= 0.6 is 11.6 Å². The third-order valence-electron chi connectivity index (χ3n) is 1.88. The highest BCUT2D eigenvalue weighted by Gasteiger charge is 2.07. The van der Waals surface area contributed by atoms with Crippen molar-refractivity contribution in [3.05, 3.63) is 28.8 Å². The van der Waals surface area contributed by atoms with Crippen LogP contribution in [-0.2, 0) is 6.54 Å². The summed E-state index contributed by atoms with van der Waals surface area (Å²) in [6.07, 6.45) is 0. The molecule has 0 aliphatic rings. The van der Waals surface area contributed by atoms with Crippen LogP contribution in [0.5, 0.6) is 0 Å². The lowest BCUT2D eigenvalue weighted by molar-refractivity contribution is 0.814. The Bertz CT molecular complexity index is 284.